The quantitative estimate of drug-likeness (QED) is 0.0261. The first kappa shape index (κ1) is 68.1. The first-order chi connectivity index (χ1) is 35.0. The molecular weight excluding hydrogens is 877 g/mol. The van der Waals surface area contributed by atoms with Crippen molar-refractivity contribution in [2.24, 2.45) is 0 Å². The van der Waals surface area contributed by atoms with Crippen LogP contribution in [-0.4, -0.2) is 37.2 Å². The Labute approximate surface area is 440 Å². The second-order valence-corrected chi connectivity index (χ2v) is 20.6. The van der Waals surface area contributed by atoms with Crippen molar-refractivity contribution in [3.8, 4) is 0 Å². The minimum absolute atomic E-state index is 0.0911. The van der Waals surface area contributed by atoms with Crippen molar-refractivity contribution in [2.75, 3.05) is 13.2 Å². The van der Waals surface area contributed by atoms with Gasteiger partial charge in [0.15, 0.2) is 6.10 Å². The van der Waals surface area contributed by atoms with Gasteiger partial charge >= 0.3 is 17.9 Å². The summed E-state index contributed by atoms with van der Waals surface area (Å²) in [5.41, 5.74) is 0. The average Bonchev–Trinajstić information content (AvgIpc) is 3.37. The number of esters is 3. The smallest absolute Gasteiger partial charge is 0.306 e. The maximum absolute atomic E-state index is 12.9. The van der Waals surface area contributed by atoms with Crippen LogP contribution in [0, 0.1) is 0 Å². The number of allylic oxidation sites excluding steroid dienone is 10. The Hall–Kier alpha value is -2.89. The normalized spacial score (nSPS) is 12.4. The predicted octanol–water partition coefficient (Wildman–Crippen LogP) is 20.8. The van der Waals surface area contributed by atoms with Gasteiger partial charge in [0.1, 0.15) is 13.2 Å². The van der Waals surface area contributed by atoms with Crippen molar-refractivity contribution in [1.82, 2.24) is 0 Å². The van der Waals surface area contributed by atoms with E-state index in [1.165, 1.54) is 212 Å². The van der Waals surface area contributed by atoms with E-state index >= 15 is 0 Å². The van der Waals surface area contributed by atoms with Crippen LogP contribution in [0.5, 0.6) is 0 Å². The molecule has 0 bridgehead atoms. The molecule has 0 heterocycles. The molecule has 0 aliphatic rings. The Morgan fingerprint density at radius 1 is 0.282 bits per heavy atom. The summed E-state index contributed by atoms with van der Waals surface area (Å²) in [6.45, 7) is 6.61. The minimum atomic E-state index is -0.798. The van der Waals surface area contributed by atoms with Crippen molar-refractivity contribution in [1.29, 1.82) is 0 Å². The zero-order valence-corrected chi connectivity index (χ0v) is 47.2. The molecule has 0 amide bonds. The fourth-order valence-corrected chi connectivity index (χ4v) is 8.80. The standard InChI is InChI=1S/C65H116O6/c1-4-7-10-13-16-19-22-25-28-31-32-35-37-40-43-46-49-52-55-58-64(67)70-61-62(71-65(68)59-56-53-50-47-44-41-38-34-30-27-24-21-18-15-12-9-6-3)60-69-63(66)57-54-51-48-45-42-39-36-33-29-26-23-20-17-14-11-8-5-2/h25-30,36,39,45,48,62H,4-24,31-35,37-38,40-44,46-47,49-61H2,1-3H3/b28-25-,29-26-,30-27-,39-36-,48-45-/t62-/m0/s1. The van der Waals surface area contributed by atoms with Gasteiger partial charge in [-0.2, -0.15) is 0 Å². The van der Waals surface area contributed by atoms with E-state index in [4.69, 9.17) is 14.2 Å². The zero-order valence-electron chi connectivity index (χ0n) is 47.2. The summed E-state index contributed by atoms with van der Waals surface area (Å²) >= 11 is 0. The molecule has 71 heavy (non-hydrogen) atoms. The highest BCUT2D eigenvalue weighted by atomic mass is 16.6. The van der Waals surface area contributed by atoms with Gasteiger partial charge in [0.25, 0.3) is 0 Å². The lowest BCUT2D eigenvalue weighted by molar-refractivity contribution is -0.167. The molecule has 412 valence electrons. The summed E-state index contributed by atoms with van der Waals surface area (Å²) in [5, 5.41) is 0. The molecule has 0 unspecified atom stereocenters. The molecular formula is C65H116O6. The van der Waals surface area contributed by atoms with Crippen molar-refractivity contribution >= 4 is 17.9 Å². The average molecular weight is 994 g/mol. The van der Waals surface area contributed by atoms with Crippen LogP contribution in [0.15, 0.2) is 60.8 Å². The van der Waals surface area contributed by atoms with E-state index in [1.807, 2.05) is 0 Å². The summed E-state index contributed by atoms with van der Waals surface area (Å²) in [7, 11) is 0. The summed E-state index contributed by atoms with van der Waals surface area (Å²) in [6, 6.07) is 0. The number of carbonyl (C=O) groups is 3. The topological polar surface area (TPSA) is 78.9 Å². The zero-order chi connectivity index (χ0) is 51.4. The van der Waals surface area contributed by atoms with Gasteiger partial charge in [-0.25, -0.2) is 0 Å². The lowest BCUT2D eigenvalue weighted by atomic mass is 10.1. The van der Waals surface area contributed by atoms with Gasteiger partial charge in [-0.3, -0.25) is 14.4 Å². The summed E-state index contributed by atoms with van der Waals surface area (Å²) in [5.74, 6) is -0.938. The summed E-state index contributed by atoms with van der Waals surface area (Å²) in [4.78, 5) is 38.2. The molecule has 0 saturated heterocycles. The molecule has 6 heteroatoms. The van der Waals surface area contributed by atoms with Crippen LogP contribution in [0.25, 0.3) is 0 Å². The lowest BCUT2D eigenvalue weighted by Gasteiger charge is -2.18. The number of rotatable bonds is 56. The molecule has 0 aromatic heterocycles. The molecule has 0 spiro atoms. The summed E-state index contributed by atoms with van der Waals surface area (Å²) < 4.78 is 16.9. The highest BCUT2D eigenvalue weighted by Crippen LogP contribution is 2.16. The Bertz CT molecular complexity index is 1280. The van der Waals surface area contributed by atoms with E-state index in [2.05, 4.69) is 81.5 Å². The largest absolute Gasteiger partial charge is 0.462 e. The second-order valence-electron chi connectivity index (χ2n) is 20.6. The Kier molecular flexibility index (Phi) is 57.2. The van der Waals surface area contributed by atoms with Crippen LogP contribution < -0.4 is 0 Å². The third-order valence-electron chi connectivity index (χ3n) is 13.5. The maximum Gasteiger partial charge on any atom is 0.306 e. The number of carbonyl (C=O) groups excluding carboxylic acids is 3. The molecule has 1 atom stereocenters. The van der Waals surface area contributed by atoms with E-state index < -0.39 is 6.10 Å². The van der Waals surface area contributed by atoms with Crippen molar-refractivity contribution < 1.29 is 28.6 Å². The molecule has 0 aliphatic carbocycles. The Balaban J connectivity index is 4.43. The van der Waals surface area contributed by atoms with Crippen LogP contribution in [-0.2, 0) is 28.6 Å². The number of hydrogen-bond acceptors (Lipinski definition) is 6. The molecule has 0 saturated carbocycles. The molecule has 0 rings (SSSR count). The van der Waals surface area contributed by atoms with Crippen LogP contribution in [0.2, 0.25) is 0 Å². The Morgan fingerprint density at radius 3 is 0.859 bits per heavy atom. The van der Waals surface area contributed by atoms with E-state index in [0.29, 0.717) is 19.3 Å². The van der Waals surface area contributed by atoms with Crippen LogP contribution in [0.4, 0.5) is 0 Å². The lowest BCUT2D eigenvalue weighted by Crippen LogP contribution is -2.30. The molecule has 0 aromatic carbocycles. The van der Waals surface area contributed by atoms with Gasteiger partial charge in [-0.1, -0.05) is 255 Å². The predicted molar refractivity (Wildman–Crippen MR) is 307 cm³/mol. The molecule has 0 N–H and O–H groups in total. The fourth-order valence-electron chi connectivity index (χ4n) is 8.80. The van der Waals surface area contributed by atoms with E-state index in [0.717, 1.165) is 57.8 Å². The summed E-state index contributed by atoms with van der Waals surface area (Å²) in [6.07, 6.45) is 75.1. The fraction of sp³-hybridized carbons (Fsp3) is 0.800. The third-order valence-corrected chi connectivity index (χ3v) is 13.5. The Morgan fingerprint density at radius 2 is 0.521 bits per heavy atom. The van der Waals surface area contributed by atoms with Gasteiger partial charge in [0.05, 0.1) is 0 Å². The van der Waals surface area contributed by atoms with Gasteiger partial charge in [0.2, 0.25) is 0 Å². The van der Waals surface area contributed by atoms with E-state index in [9.17, 15) is 14.4 Å². The number of unbranched alkanes of at least 4 members (excludes halogenated alkanes) is 35. The molecule has 0 fully saturated rings. The first-order valence-electron chi connectivity index (χ1n) is 30.8. The molecule has 0 radical (unpaired) electrons. The van der Waals surface area contributed by atoms with Crippen LogP contribution in [0.3, 0.4) is 0 Å². The monoisotopic (exact) mass is 993 g/mol. The van der Waals surface area contributed by atoms with Gasteiger partial charge in [0, 0.05) is 19.3 Å². The van der Waals surface area contributed by atoms with Crippen LogP contribution in [0.1, 0.15) is 316 Å². The van der Waals surface area contributed by atoms with E-state index in [-0.39, 0.29) is 37.5 Å². The van der Waals surface area contributed by atoms with E-state index in [1.54, 1.807) is 0 Å². The highest BCUT2D eigenvalue weighted by molar-refractivity contribution is 5.71. The van der Waals surface area contributed by atoms with Gasteiger partial charge in [-0.15, -0.1) is 0 Å². The number of ether oxygens (including phenoxy) is 3. The first-order valence-corrected chi connectivity index (χ1v) is 30.8. The van der Waals surface area contributed by atoms with Gasteiger partial charge < -0.3 is 14.2 Å². The molecule has 6 nitrogen and oxygen atoms in total. The van der Waals surface area contributed by atoms with Gasteiger partial charge in [-0.05, 0) is 103 Å². The third kappa shape index (κ3) is 57.9. The minimum Gasteiger partial charge on any atom is -0.462 e. The molecule has 0 aromatic rings. The van der Waals surface area contributed by atoms with Crippen LogP contribution >= 0.6 is 0 Å². The highest BCUT2D eigenvalue weighted by Gasteiger charge is 2.19. The maximum atomic E-state index is 12.9. The van der Waals surface area contributed by atoms with Crippen molar-refractivity contribution in [3.05, 3.63) is 60.8 Å². The second kappa shape index (κ2) is 59.7. The van der Waals surface area contributed by atoms with Crippen molar-refractivity contribution in [2.45, 2.75) is 322 Å². The molecule has 0 aliphatic heterocycles. The number of hydrogen-bond donors (Lipinski definition) is 0. The SMILES string of the molecule is CCCCCCCC/C=C\C/C=C\C/C=C\CCCC(=O)OC[C@@H](COC(=O)CCCCCCCCCCC/C=C\CCCCCCCC)OC(=O)CCCCCCCCC/C=C\CCCCCCCC. The van der Waals surface area contributed by atoms with Crippen molar-refractivity contribution in [3.63, 3.8) is 0 Å².